The van der Waals surface area contributed by atoms with Crippen molar-refractivity contribution in [2.24, 2.45) is 0 Å². The molecule has 0 spiro atoms. The fraction of sp³-hybridized carbons (Fsp3) is 0.368. The second kappa shape index (κ2) is 9.03. The molecule has 0 saturated carbocycles. The lowest BCUT2D eigenvalue weighted by atomic mass is 9.89. The zero-order valence-corrected chi connectivity index (χ0v) is 14.0. The molecule has 0 radical (unpaired) electrons. The SMILES string of the molecule is CC(CCO)(NC(=O)NCCCc1ccncc1)c1ccccc1. The molecule has 1 aromatic carbocycles. The van der Waals surface area contributed by atoms with Crippen LogP contribution < -0.4 is 10.6 Å². The van der Waals surface area contributed by atoms with Crippen molar-refractivity contribution in [1.82, 2.24) is 15.6 Å². The van der Waals surface area contributed by atoms with E-state index in [-0.39, 0.29) is 12.6 Å². The van der Waals surface area contributed by atoms with Gasteiger partial charge in [-0.05, 0) is 49.4 Å². The quantitative estimate of drug-likeness (QED) is 0.653. The lowest BCUT2D eigenvalue weighted by Crippen LogP contribution is -2.49. The lowest BCUT2D eigenvalue weighted by molar-refractivity contribution is 0.204. The molecule has 24 heavy (non-hydrogen) atoms. The Morgan fingerprint density at radius 3 is 2.54 bits per heavy atom. The number of hydrogen-bond acceptors (Lipinski definition) is 3. The Labute approximate surface area is 143 Å². The maximum atomic E-state index is 12.2. The summed E-state index contributed by atoms with van der Waals surface area (Å²) < 4.78 is 0. The van der Waals surface area contributed by atoms with Gasteiger partial charge in [0.2, 0.25) is 0 Å². The van der Waals surface area contributed by atoms with Crippen LogP contribution >= 0.6 is 0 Å². The number of amides is 2. The van der Waals surface area contributed by atoms with Crippen molar-refractivity contribution < 1.29 is 9.90 Å². The number of benzene rings is 1. The highest BCUT2D eigenvalue weighted by Crippen LogP contribution is 2.24. The summed E-state index contributed by atoms with van der Waals surface area (Å²) in [6, 6.07) is 13.4. The molecule has 0 bridgehead atoms. The molecule has 0 saturated heterocycles. The number of nitrogens with zero attached hydrogens (tertiary/aromatic N) is 1. The van der Waals surface area contributed by atoms with E-state index in [0.717, 1.165) is 18.4 Å². The van der Waals surface area contributed by atoms with Crippen molar-refractivity contribution in [3.05, 3.63) is 66.0 Å². The molecule has 128 valence electrons. The summed E-state index contributed by atoms with van der Waals surface area (Å²) in [6.45, 7) is 2.53. The number of aryl methyl sites for hydroxylation is 1. The fourth-order valence-electron chi connectivity index (χ4n) is 2.65. The highest BCUT2D eigenvalue weighted by atomic mass is 16.3. The van der Waals surface area contributed by atoms with Crippen LogP contribution in [0.3, 0.4) is 0 Å². The molecule has 2 amide bonds. The summed E-state index contributed by atoms with van der Waals surface area (Å²) in [5.41, 5.74) is 1.60. The van der Waals surface area contributed by atoms with E-state index in [4.69, 9.17) is 0 Å². The molecule has 0 aliphatic rings. The third kappa shape index (κ3) is 5.35. The minimum absolute atomic E-state index is 0.00766. The Hall–Kier alpha value is -2.40. The Balaban J connectivity index is 1.82. The average molecular weight is 327 g/mol. The Bertz CT molecular complexity index is 619. The molecule has 2 rings (SSSR count). The standard InChI is InChI=1S/C19H25N3O2/c1-19(11-15-23,17-7-3-2-4-8-17)22-18(24)21-12-5-6-16-9-13-20-14-10-16/h2-4,7-10,13-14,23H,5-6,11-12,15H2,1H3,(H2,21,22,24). The second-order valence-electron chi connectivity index (χ2n) is 6.01. The number of urea groups is 1. The lowest BCUT2D eigenvalue weighted by Gasteiger charge is -2.31. The summed E-state index contributed by atoms with van der Waals surface area (Å²) in [7, 11) is 0. The smallest absolute Gasteiger partial charge is 0.315 e. The van der Waals surface area contributed by atoms with Crippen LogP contribution in [-0.4, -0.2) is 29.3 Å². The molecule has 2 aromatic rings. The molecule has 5 heteroatoms. The summed E-state index contributed by atoms with van der Waals surface area (Å²) in [5.74, 6) is 0. The van der Waals surface area contributed by atoms with Gasteiger partial charge in [-0.2, -0.15) is 0 Å². The molecule has 1 aromatic heterocycles. The number of carbonyl (C=O) groups is 1. The first-order chi connectivity index (χ1) is 11.6. The van der Waals surface area contributed by atoms with Crippen LogP contribution in [0.15, 0.2) is 54.9 Å². The topological polar surface area (TPSA) is 74.2 Å². The van der Waals surface area contributed by atoms with Crippen LogP contribution in [0.1, 0.15) is 30.9 Å². The number of aromatic nitrogens is 1. The van der Waals surface area contributed by atoms with Gasteiger partial charge in [-0.1, -0.05) is 30.3 Å². The van der Waals surface area contributed by atoms with Crippen molar-refractivity contribution in [3.63, 3.8) is 0 Å². The largest absolute Gasteiger partial charge is 0.396 e. The molecule has 0 fully saturated rings. The van der Waals surface area contributed by atoms with Gasteiger partial charge in [-0.3, -0.25) is 4.98 Å². The van der Waals surface area contributed by atoms with Gasteiger partial charge < -0.3 is 15.7 Å². The molecule has 1 heterocycles. The zero-order valence-electron chi connectivity index (χ0n) is 14.0. The third-order valence-corrected chi connectivity index (χ3v) is 4.09. The van der Waals surface area contributed by atoms with E-state index in [1.165, 1.54) is 5.56 Å². The first-order valence-electron chi connectivity index (χ1n) is 8.25. The number of pyridine rings is 1. The molecule has 5 nitrogen and oxygen atoms in total. The minimum Gasteiger partial charge on any atom is -0.396 e. The van der Waals surface area contributed by atoms with Gasteiger partial charge in [0.15, 0.2) is 0 Å². The number of nitrogens with one attached hydrogen (secondary N) is 2. The number of carbonyl (C=O) groups excluding carboxylic acids is 1. The van der Waals surface area contributed by atoms with Crippen molar-refractivity contribution in [1.29, 1.82) is 0 Å². The van der Waals surface area contributed by atoms with Gasteiger partial charge in [0.05, 0.1) is 5.54 Å². The molecule has 0 aliphatic heterocycles. The summed E-state index contributed by atoms with van der Waals surface area (Å²) in [4.78, 5) is 16.2. The number of aliphatic hydroxyl groups is 1. The van der Waals surface area contributed by atoms with Crippen molar-refractivity contribution >= 4 is 6.03 Å². The highest BCUT2D eigenvalue weighted by molar-refractivity contribution is 5.75. The van der Waals surface area contributed by atoms with Gasteiger partial charge in [0.1, 0.15) is 0 Å². The van der Waals surface area contributed by atoms with Gasteiger partial charge >= 0.3 is 6.03 Å². The van der Waals surface area contributed by atoms with Gasteiger partial charge in [-0.15, -0.1) is 0 Å². The predicted octanol–water partition coefficient (Wildman–Crippen LogP) is 2.61. The molecule has 3 N–H and O–H groups in total. The zero-order chi connectivity index (χ0) is 17.3. The Morgan fingerprint density at radius 1 is 1.17 bits per heavy atom. The van der Waals surface area contributed by atoms with E-state index in [9.17, 15) is 9.90 Å². The summed E-state index contributed by atoms with van der Waals surface area (Å²) in [5, 5.41) is 15.2. The molecular weight excluding hydrogens is 302 g/mol. The van der Waals surface area contributed by atoms with Crippen LogP contribution in [0, 0.1) is 0 Å². The molecular formula is C19H25N3O2. The van der Waals surface area contributed by atoms with Crippen LogP contribution in [-0.2, 0) is 12.0 Å². The normalized spacial score (nSPS) is 13.1. The van der Waals surface area contributed by atoms with E-state index in [0.29, 0.717) is 13.0 Å². The maximum absolute atomic E-state index is 12.2. The number of rotatable bonds is 8. The first kappa shape index (κ1) is 17.9. The maximum Gasteiger partial charge on any atom is 0.315 e. The first-order valence-corrected chi connectivity index (χ1v) is 8.25. The van der Waals surface area contributed by atoms with E-state index < -0.39 is 5.54 Å². The Morgan fingerprint density at radius 2 is 1.88 bits per heavy atom. The van der Waals surface area contributed by atoms with Crippen LogP contribution in [0.2, 0.25) is 0 Å². The monoisotopic (exact) mass is 327 g/mol. The number of aliphatic hydroxyl groups excluding tert-OH is 1. The Kier molecular flexibility index (Phi) is 6.75. The van der Waals surface area contributed by atoms with E-state index in [2.05, 4.69) is 15.6 Å². The van der Waals surface area contributed by atoms with Gasteiger partial charge in [0, 0.05) is 25.5 Å². The predicted molar refractivity (Wildman–Crippen MR) is 94.6 cm³/mol. The second-order valence-corrected chi connectivity index (χ2v) is 6.01. The molecule has 0 aliphatic carbocycles. The van der Waals surface area contributed by atoms with E-state index in [1.54, 1.807) is 12.4 Å². The highest BCUT2D eigenvalue weighted by Gasteiger charge is 2.27. The van der Waals surface area contributed by atoms with Crippen molar-refractivity contribution in [3.8, 4) is 0 Å². The van der Waals surface area contributed by atoms with Crippen LogP contribution in [0.25, 0.3) is 0 Å². The average Bonchev–Trinajstić information content (AvgIpc) is 2.60. The van der Waals surface area contributed by atoms with Gasteiger partial charge in [-0.25, -0.2) is 4.79 Å². The van der Waals surface area contributed by atoms with Gasteiger partial charge in [0.25, 0.3) is 0 Å². The van der Waals surface area contributed by atoms with E-state index >= 15 is 0 Å². The molecule has 1 atom stereocenters. The van der Waals surface area contributed by atoms with Crippen LogP contribution in [0.4, 0.5) is 4.79 Å². The minimum atomic E-state index is -0.592. The third-order valence-electron chi connectivity index (χ3n) is 4.09. The van der Waals surface area contributed by atoms with Crippen molar-refractivity contribution in [2.75, 3.05) is 13.2 Å². The van der Waals surface area contributed by atoms with E-state index in [1.807, 2.05) is 49.4 Å². The summed E-state index contributed by atoms with van der Waals surface area (Å²) in [6.07, 6.45) is 5.77. The summed E-state index contributed by atoms with van der Waals surface area (Å²) >= 11 is 0. The van der Waals surface area contributed by atoms with Crippen LogP contribution in [0.5, 0.6) is 0 Å². The van der Waals surface area contributed by atoms with Crippen molar-refractivity contribution in [2.45, 2.75) is 31.7 Å². The fourth-order valence-corrected chi connectivity index (χ4v) is 2.65. The molecule has 1 unspecified atom stereocenters. The number of hydrogen-bond donors (Lipinski definition) is 3.